The number of likely N-dealkylation sites (tertiary alicyclic amines) is 1. The van der Waals surface area contributed by atoms with Crippen molar-refractivity contribution in [2.24, 2.45) is 12.5 Å². The third-order valence-electron chi connectivity index (χ3n) is 11.7. The summed E-state index contributed by atoms with van der Waals surface area (Å²) in [7, 11) is 0.630. The van der Waals surface area contributed by atoms with Gasteiger partial charge in [0.25, 0.3) is 0 Å². The Balaban J connectivity index is 0.828. The van der Waals surface area contributed by atoms with Gasteiger partial charge in [-0.1, -0.05) is 23.7 Å². The van der Waals surface area contributed by atoms with Gasteiger partial charge in [-0.2, -0.15) is 10.4 Å². The molecule has 4 saturated heterocycles. The van der Waals surface area contributed by atoms with Crippen LogP contribution < -0.4 is 20.4 Å². The first-order chi connectivity index (χ1) is 26.7. The van der Waals surface area contributed by atoms with Crippen molar-refractivity contribution in [3.8, 4) is 6.07 Å². The Kier molecular flexibility index (Phi) is 10.8. The number of nitriles is 1. The number of aryl methyl sites for hydroxylation is 1. The smallest absolute Gasteiger partial charge is 0.329 e. The number of anilines is 3. The number of imide groups is 1. The summed E-state index contributed by atoms with van der Waals surface area (Å²) in [6, 6.07) is 17.0. The summed E-state index contributed by atoms with van der Waals surface area (Å²) >= 11 is 5.91. The number of hydrogen-bond acceptors (Lipinski definition) is 10. The predicted molar refractivity (Wildman–Crippen MR) is 212 cm³/mol. The molecule has 0 spiro atoms. The van der Waals surface area contributed by atoms with Crippen molar-refractivity contribution in [3.63, 3.8) is 0 Å². The van der Waals surface area contributed by atoms with E-state index in [-0.39, 0.29) is 18.4 Å². The highest BCUT2D eigenvalue weighted by Gasteiger charge is 2.38. The number of carbonyl (C=O) groups is 2. The average Bonchev–Trinajstić information content (AvgIpc) is 3.54. The molecule has 2 aromatic heterocycles. The van der Waals surface area contributed by atoms with Gasteiger partial charge in [-0.25, -0.2) is 23.3 Å². The molecular weight excluding hydrogens is 738 g/mol. The fraction of sp³-hybridized carbons (Fsp3) is 0.487. The van der Waals surface area contributed by atoms with Crippen molar-refractivity contribution in [2.45, 2.75) is 61.8 Å². The molecule has 4 aliphatic heterocycles. The molecule has 4 aliphatic rings. The van der Waals surface area contributed by atoms with Gasteiger partial charge in [-0.3, -0.25) is 19.7 Å². The molecular formula is C39H46ClN11O3S. The van der Waals surface area contributed by atoms with E-state index >= 15 is 0 Å². The first kappa shape index (κ1) is 37.3. The van der Waals surface area contributed by atoms with Crippen LogP contribution in [0.3, 0.4) is 0 Å². The quantitative estimate of drug-likeness (QED) is 0.236. The van der Waals surface area contributed by atoms with E-state index in [1.54, 1.807) is 17.3 Å². The highest BCUT2D eigenvalue weighted by atomic mass is 35.5. The Labute approximate surface area is 328 Å². The van der Waals surface area contributed by atoms with Gasteiger partial charge >= 0.3 is 6.03 Å². The monoisotopic (exact) mass is 783 g/mol. The van der Waals surface area contributed by atoms with Crippen molar-refractivity contribution < 1.29 is 13.8 Å². The van der Waals surface area contributed by atoms with Crippen LogP contribution in [0, 0.1) is 16.7 Å². The minimum absolute atomic E-state index is 0.213. The van der Waals surface area contributed by atoms with Crippen LogP contribution in [0.15, 0.2) is 59.8 Å². The van der Waals surface area contributed by atoms with Gasteiger partial charge in [-0.15, -0.1) is 0 Å². The molecule has 8 rings (SSSR count). The van der Waals surface area contributed by atoms with Gasteiger partial charge in [0.15, 0.2) is 5.82 Å². The lowest BCUT2D eigenvalue weighted by molar-refractivity contribution is -0.120. The van der Waals surface area contributed by atoms with Gasteiger partial charge in [0.2, 0.25) is 11.9 Å². The Morgan fingerprint density at radius 2 is 1.73 bits per heavy atom. The number of fused-ring (bicyclic) bond motifs is 1. The lowest BCUT2D eigenvalue weighted by Crippen LogP contribution is -2.49. The highest BCUT2D eigenvalue weighted by molar-refractivity contribution is 7.82. The van der Waals surface area contributed by atoms with Crippen LogP contribution >= 0.6 is 11.6 Å². The zero-order valence-corrected chi connectivity index (χ0v) is 32.6. The summed E-state index contributed by atoms with van der Waals surface area (Å²) in [5.74, 6) is 1.27. The zero-order chi connectivity index (χ0) is 38.1. The number of carbonyl (C=O) groups excluding carboxylic acids is 2. The largest absolute Gasteiger partial charge is 0.371 e. The molecule has 0 bridgehead atoms. The fourth-order valence-electron chi connectivity index (χ4n) is 8.50. The standard InChI is InChI=1S/C39H46ClN11O3S/c1-47-34-21-28(5-6-33(34)36(46-47)51-18-11-35(52)45-38(51)53)27-7-14-48(15-8-27)26-39(25-41)12-19-49(20-13-39)31-3-2-4-32(22-31)55(54)50-16-9-30(10-17-50)44-37-42-23-29(40)24-43-37/h2-6,21-24,27,30H,7-20,26H2,1H3,(H,42,43,44)(H,45,52,53). The van der Waals surface area contributed by atoms with Crippen molar-refractivity contribution in [1.82, 2.24) is 34.3 Å². The zero-order valence-electron chi connectivity index (χ0n) is 31.0. The maximum absolute atomic E-state index is 13.7. The average molecular weight is 784 g/mol. The maximum atomic E-state index is 13.7. The summed E-state index contributed by atoms with van der Waals surface area (Å²) in [6.45, 7) is 5.94. The maximum Gasteiger partial charge on any atom is 0.329 e. The molecule has 2 aromatic carbocycles. The van der Waals surface area contributed by atoms with Gasteiger partial charge in [-0.05, 0) is 93.4 Å². The fourth-order valence-corrected chi connectivity index (χ4v) is 9.85. The van der Waals surface area contributed by atoms with E-state index in [2.05, 4.69) is 71.9 Å². The third kappa shape index (κ3) is 8.05. The first-order valence-electron chi connectivity index (χ1n) is 19.1. The Hall–Kier alpha value is -4.62. The van der Waals surface area contributed by atoms with Crippen molar-refractivity contribution in [3.05, 3.63) is 65.4 Å². The number of aromatic nitrogens is 4. The second-order valence-electron chi connectivity index (χ2n) is 15.2. The van der Waals surface area contributed by atoms with Gasteiger partial charge in [0, 0.05) is 69.9 Å². The number of urea groups is 1. The van der Waals surface area contributed by atoms with Crippen LogP contribution in [0.25, 0.3) is 10.9 Å². The van der Waals surface area contributed by atoms with E-state index in [0.717, 1.165) is 92.7 Å². The topological polar surface area (TPSA) is 156 Å². The van der Waals surface area contributed by atoms with E-state index in [4.69, 9.17) is 11.6 Å². The highest BCUT2D eigenvalue weighted by Crippen LogP contribution is 2.38. The molecule has 0 radical (unpaired) electrons. The van der Waals surface area contributed by atoms with Gasteiger partial charge < -0.3 is 15.1 Å². The molecule has 14 nitrogen and oxygen atoms in total. The SMILES string of the molecule is Cn1nc(N2CCC(=O)NC2=O)c2ccc(C3CCN(CC4(C#N)CCN(c5cccc(S(=O)N6CCC(Nc7ncc(Cl)cn7)CC6)c5)CC4)CC3)cc21. The molecule has 16 heteroatoms. The first-order valence-corrected chi connectivity index (χ1v) is 20.6. The molecule has 55 heavy (non-hydrogen) atoms. The van der Waals surface area contributed by atoms with Crippen molar-refractivity contribution >= 4 is 62.9 Å². The van der Waals surface area contributed by atoms with Crippen LogP contribution in [0.5, 0.6) is 0 Å². The van der Waals surface area contributed by atoms with Crippen molar-refractivity contribution in [2.75, 3.05) is 67.5 Å². The summed E-state index contributed by atoms with van der Waals surface area (Å²) in [5.41, 5.74) is 2.89. The van der Waals surface area contributed by atoms with E-state index in [1.165, 1.54) is 5.56 Å². The normalized spacial score (nSPS) is 21.0. The second-order valence-corrected chi connectivity index (χ2v) is 17.1. The van der Waals surface area contributed by atoms with Crippen LogP contribution in [-0.4, -0.2) is 104 Å². The molecule has 3 amide bonds. The number of amides is 3. The molecule has 6 heterocycles. The lowest BCUT2D eigenvalue weighted by Gasteiger charge is -2.42. The van der Waals surface area contributed by atoms with E-state index < -0.39 is 22.4 Å². The third-order valence-corrected chi connectivity index (χ3v) is 13.4. The Bertz CT molecular complexity index is 2120. The van der Waals surface area contributed by atoms with E-state index in [0.29, 0.717) is 42.3 Å². The number of piperidine rings is 3. The molecule has 0 saturated carbocycles. The molecule has 0 aliphatic carbocycles. The summed E-state index contributed by atoms with van der Waals surface area (Å²) in [5, 5.41) is 22.3. The number of halogens is 1. The molecule has 1 unspecified atom stereocenters. The molecule has 2 N–H and O–H groups in total. The molecule has 4 fully saturated rings. The van der Waals surface area contributed by atoms with Crippen molar-refractivity contribution in [1.29, 1.82) is 5.26 Å². The van der Waals surface area contributed by atoms with E-state index in [9.17, 15) is 19.1 Å². The van der Waals surface area contributed by atoms with Gasteiger partial charge in [0.05, 0.1) is 39.3 Å². The molecule has 288 valence electrons. The van der Waals surface area contributed by atoms with Crippen LogP contribution in [0.1, 0.15) is 56.4 Å². The predicted octanol–water partition coefficient (Wildman–Crippen LogP) is 5.05. The number of hydrogen-bond donors (Lipinski definition) is 2. The lowest BCUT2D eigenvalue weighted by atomic mass is 9.78. The number of nitrogens with one attached hydrogen (secondary N) is 2. The number of nitrogens with zero attached hydrogens (tertiary/aromatic N) is 9. The molecule has 1 atom stereocenters. The second kappa shape index (κ2) is 15.9. The Morgan fingerprint density at radius 3 is 2.44 bits per heavy atom. The number of rotatable bonds is 9. The van der Waals surface area contributed by atoms with E-state index in [1.807, 2.05) is 28.2 Å². The number of benzene rings is 2. The van der Waals surface area contributed by atoms with Crippen LogP contribution in [-0.2, 0) is 22.8 Å². The Morgan fingerprint density at radius 1 is 0.982 bits per heavy atom. The van der Waals surface area contributed by atoms with Gasteiger partial charge in [0.1, 0.15) is 11.0 Å². The summed E-state index contributed by atoms with van der Waals surface area (Å²) < 4.78 is 17.5. The minimum Gasteiger partial charge on any atom is -0.371 e. The van der Waals surface area contributed by atoms with Crippen LogP contribution in [0.4, 0.5) is 22.2 Å². The van der Waals surface area contributed by atoms with Crippen LogP contribution in [0.2, 0.25) is 5.02 Å². The molecule has 4 aromatic rings. The minimum atomic E-state index is -1.26. The summed E-state index contributed by atoms with van der Waals surface area (Å²) in [4.78, 5) is 39.8. The summed E-state index contributed by atoms with van der Waals surface area (Å²) in [6.07, 6.45) is 8.69.